The summed E-state index contributed by atoms with van der Waals surface area (Å²) in [6.07, 6.45) is 2.40. The van der Waals surface area contributed by atoms with E-state index >= 15 is 0 Å². The Labute approximate surface area is 173 Å². The number of carbonyl (C=O) groups is 2. The van der Waals surface area contributed by atoms with Crippen molar-refractivity contribution < 1.29 is 14.0 Å². The average Bonchev–Trinajstić information content (AvgIpc) is 3.28. The van der Waals surface area contributed by atoms with Crippen LogP contribution in [0.25, 0.3) is 0 Å². The smallest absolute Gasteiger partial charge is 0.289 e. The molecule has 1 atom stereocenters. The maximum atomic E-state index is 12.9. The van der Waals surface area contributed by atoms with Gasteiger partial charge in [-0.3, -0.25) is 14.6 Å². The fourth-order valence-corrected chi connectivity index (χ4v) is 4.69. The highest BCUT2D eigenvalue weighted by Gasteiger charge is 2.30. The van der Waals surface area contributed by atoms with E-state index in [9.17, 15) is 9.59 Å². The van der Waals surface area contributed by atoms with Crippen LogP contribution in [0.1, 0.15) is 39.8 Å². The maximum Gasteiger partial charge on any atom is 0.289 e. The number of carbonyl (C=O) groups excluding carboxylic acids is 2. The number of benzene rings is 1. The van der Waals surface area contributed by atoms with Crippen molar-refractivity contribution in [1.82, 2.24) is 9.80 Å². The van der Waals surface area contributed by atoms with E-state index in [0.717, 1.165) is 17.7 Å². The molecule has 7 nitrogen and oxygen atoms in total. The largest absolute Gasteiger partial charge is 0.459 e. The Morgan fingerprint density at radius 2 is 1.72 bits per heavy atom. The van der Waals surface area contributed by atoms with Crippen LogP contribution in [0.3, 0.4) is 0 Å². The van der Waals surface area contributed by atoms with E-state index in [1.54, 1.807) is 33.7 Å². The Balaban J connectivity index is 1.39. The van der Waals surface area contributed by atoms with Gasteiger partial charge < -0.3 is 20.0 Å². The first-order valence-electron chi connectivity index (χ1n) is 9.67. The van der Waals surface area contributed by atoms with E-state index in [0.29, 0.717) is 42.7 Å². The van der Waals surface area contributed by atoms with Crippen LogP contribution in [-0.2, 0) is 5.54 Å². The van der Waals surface area contributed by atoms with Crippen molar-refractivity contribution in [3.8, 4) is 0 Å². The average molecular weight is 413 g/mol. The molecule has 0 spiro atoms. The molecule has 2 aromatic rings. The summed E-state index contributed by atoms with van der Waals surface area (Å²) in [5, 5.41) is 0.612. The second-order valence-corrected chi connectivity index (χ2v) is 8.58. The van der Waals surface area contributed by atoms with Gasteiger partial charge in [0.05, 0.1) is 11.8 Å². The van der Waals surface area contributed by atoms with Crippen LogP contribution < -0.4 is 5.73 Å². The zero-order valence-corrected chi connectivity index (χ0v) is 17.2. The molecule has 0 saturated carbocycles. The van der Waals surface area contributed by atoms with Gasteiger partial charge in [0.15, 0.2) is 10.9 Å². The van der Waals surface area contributed by atoms with Crippen LogP contribution in [0.15, 0.2) is 52.1 Å². The highest BCUT2D eigenvalue weighted by atomic mass is 32.2. The van der Waals surface area contributed by atoms with Crippen molar-refractivity contribution in [2.45, 2.75) is 18.9 Å². The molecule has 2 N–H and O–H groups in total. The number of aliphatic imine (C=N–C) groups is 1. The van der Waals surface area contributed by atoms with Crippen molar-refractivity contribution in [1.29, 1.82) is 0 Å². The van der Waals surface area contributed by atoms with E-state index in [4.69, 9.17) is 10.2 Å². The molecule has 4 rings (SSSR count). The van der Waals surface area contributed by atoms with Gasteiger partial charge in [-0.05, 0) is 43.2 Å². The molecule has 1 unspecified atom stereocenters. The number of amides is 2. The molecule has 0 radical (unpaired) electrons. The third-order valence-electron chi connectivity index (χ3n) is 5.54. The number of nitrogens with two attached hydrogens (primary N) is 1. The Bertz CT molecular complexity index is 918. The molecule has 1 aromatic carbocycles. The number of rotatable bonds is 3. The van der Waals surface area contributed by atoms with Crippen LogP contribution in [0.5, 0.6) is 0 Å². The molecule has 2 amide bonds. The molecular weight excluding hydrogens is 388 g/mol. The Kier molecular flexibility index (Phi) is 5.36. The van der Waals surface area contributed by atoms with Crippen molar-refractivity contribution >= 4 is 28.7 Å². The van der Waals surface area contributed by atoms with E-state index < -0.39 is 0 Å². The minimum absolute atomic E-state index is 0.0194. The lowest BCUT2D eigenvalue weighted by Crippen LogP contribution is -2.50. The number of hydrogen-bond acceptors (Lipinski definition) is 6. The molecule has 1 saturated heterocycles. The number of thioether (sulfide) groups is 1. The fraction of sp³-hybridized carbons (Fsp3) is 0.381. The predicted octanol–water partition coefficient (Wildman–Crippen LogP) is 2.54. The normalized spacial score (nSPS) is 22.3. The van der Waals surface area contributed by atoms with Crippen LogP contribution in [0.2, 0.25) is 0 Å². The minimum atomic E-state index is -0.339. The van der Waals surface area contributed by atoms with Crippen molar-refractivity contribution in [2.75, 3.05) is 31.9 Å². The summed E-state index contributed by atoms with van der Waals surface area (Å²) in [5.41, 5.74) is 7.27. The van der Waals surface area contributed by atoms with Crippen LogP contribution in [0.4, 0.5) is 0 Å². The van der Waals surface area contributed by atoms with E-state index in [2.05, 4.69) is 11.9 Å². The lowest BCUT2D eigenvalue weighted by Gasteiger charge is -2.34. The van der Waals surface area contributed by atoms with E-state index in [1.807, 2.05) is 24.3 Å². The van der Waals surface area contributed by atoms with Gasteiger partial charge in [0, 0.05) is 37.5 Å². The van der Waals surface area contributed by atoms with Crippen LogP contribution in [-0.4, -0.2) is 58.7 Å². The number of hydrogen-bond donors (Lipinski definition) is 1. The molecule has 1 aromatic heterocycles. The fourth-order valence-electron chi connectivity index (χ4n) is 3.72. The highest BCUT2D eigenvalue weighted by molar-refractivity contribution is 8.13. The van der Waals surface area contributed by atoms with Gasteiger partial charge in [0.25, 0.3) is 11.8 Å². The first kappa shape index (κ1) is 19.6. The molecule has 0 aliphatic carbocycles. The molecule has 29 heavy (non-hydrogen) atoms. The van der Waals surface area contributed by atoms with Gasteiger partial charge in [0.1, 0.15) is 0 Å². The van der Waals surface area contributed by atoms with Crippen molar-refractivity contribution in [2.24, 2.45) is 10.7 Å². The third-order valence-corrected chi connectivity index (χ3v) is 6.33. The molecule has 1 fully saturated rings. The number of piperazine rings is 1. The summed E-state index contributed by atoms with van der Waals surface area (Å²) in [6, 6.07) is 11.0. The number of nitrogens with zero attached hydrogens (tertiary/aromatic N) is 3. The minimum Gasteiger partial charge on any atom is -0.459 e. The van der Waals surface area contributed by atoms with Gasteiger partial charge in [0.2, 0.25) is 0 Å². The zero-order chi connectivity index (χ0) is 20.4. The first-order valence-corrected chi connectivity index (χ1v) is 10.7. The third kappa shape index (κ3) is 4.03. The highest BCUT2D eigenvalue weighted by Crippen LogP contribution is 2.35. The lowest BCUT2D eigenvalue weighted by molar-refractivity contribution is 0.0518. The Morgan fingerprint density at radius 1 is 1.07 bits per heavy atom. The Morgan fingerprint density at radius 3 is 2.31 bits per heavy atom. The van der Waals surface area contributed by atoms with Gasteiger partial charge in [-0.1, -0.05) is 23.9 Å². The van der Waals surface area contributed by atoms with E-state index in [-0.39, 0.29) is 17.4 Å². The molecular formula is C21H24N4O3S. The number of furan rings is 1. The predicted molar refractivity (Wildman–Crippen MR) is 113 cm³/mol. The first-order chi connectivity index (χ1) is 14.0. The van der Waals surface area contributed by atoms with Crippen molar-refractivity contribution in [3.05, 3.63) is 59.5 Å². The molecule has 2 aliphatic heterocycles. The number of amidine groups is 1. The summed E-state index contributed by atoms with van der Waals surface area (Å²) in [6.45, 7) is 4.07. The van der Waals surface area contributed by atoms with E-state index in [1.165, 1.54) is 6.26 Å². The molecule has 8 heteroatoms. The standard InChI is InChI=1S/C21H24N4O3S/c1-21(8-14-29-20(22)23-21)16-6-4-15(5-7-16)18(26)24-9-11-25(12-10-24)19(27)17-3-2-13-28-17/h2-7,13H,8-12,14H2,1H3,(H2,22,23). The SMILES string of the molecule is CC1(c2ccc(C(=O)N3CCN(C(=O)c4ccco4)CC3)cc2)CCSC(N)=N1. The quantitative estimate of drug-likeness (QED) is 0.836. The summed E-state index contributed by atoms with van der Waals surface area (Å²) < 4.78 is 5.18. The van der Waals surface area contributed by atoms with Gasteiger partial charge in [-0.25, -0.2) is 0 Å². The van der Waals surface area contributed by atoms with Crippen LogP contribution in [0, 0.1) is 0 Å². The second-order valence-electron chi connectivity index (χ2n) is 7.46. The monoisotopic (exact) mass is 412 g/mol. The van der Waals surface area contributed by atoms with Crippen LogP contribution >= 0.6 is 11.8 Å². The lowest BCUT2D eigenvalue weighted by atomic mass is 9.89. The molecule has 3 heterocycles. The summed E-state index contributed by atoms with van der Waals surface area (Å²) in [4.78, 5) is 33.4. The van der Waals surface area contributed by atoms with Crippen molar-refractivity contribution in [3.63, 3.8) is 0 Å². The molecule has 152 valence electrons. The molecule has 0 bridgehead atoms. The molecule has 2 aliphatic rings. The van der Waals surface area contributed by atoms with Gasteiger partial charge in [-0.2, -0.15) is 0 Å². The summed E-state index contributed by atoms with van der Waals surface area (Å²) in [7, 11) is 0. The summed E-state index contributed by atoms with van der Waals surface area (Å²) >= 11 is 1.58. The zero-order valence-electron chi connectivity index (χ0n) is 16.3. The topological polar surface area (TPSA) is 92.1 Å². The van der Waals surface area contributed by atoms with Gasteiger partial charge >= 0.3 is 0 Å². The summed E-state index contributed by atoms with van der Waals surface area (Å²) in [5.74, 6) is 1.12. The maximum absolute atomic E-state index is 12.9. The Hall–Kier alpha value is -2.74. The van der Waals surface area contributed by atoms with Gasteiger partial charge in [-0.15, -0.1) is 0 Å². The second kappa shape index (κ2) is 7.94.